The van der Waals surface area contributed by atoms with Gasteiger partial charge in [0.15, 0.2) is 5.78 Å². The quantitative estimate of drug-likeness (QED) is 0.782. The van der Waals surface area contributed by atoms with Gasteiger partial charge in [-0.25, -0.2) is 0 Å². The smallest absolute Gasteiger partial charge is 0.179 e. The molecule has 0 fully saturated rings. The summed E-state index contributed by atoms with van der Waals surface area (Å²) < 4.78 is 0. The van der Waals surface area contributed by atoms with Gasteiger partial charge in [0.2, 0.25) is 0 Å². The minimum Gasteiger partial charge on any atom is -0.321 e. The molecule has 18 heavy (non-hydrogen) atoms. The van der Waals surface area contributed by atoms with Gasteiger partial charge in [-0.2, -0.15) is 0 Å². The summed E-state index contributed by atoms with van der Waals surface area (Å²) in [5.74, 6) is 0.889. The summed E-state index contributed by atoms with van der Waals surface area (Å²) in [6.45, 7) is 8.45. The van der Waals surface area contributed by atoms with E-state index >= 15 is 0 Å². The molecule has 0 radical (unpaired) electrons. The zero-order valence-corrected chi connectivity index (χ0v) is 11.9. The van der Waals surface area contributed by atoms with Gasteiger partial charge in [-0.15, -0.1) is 0 Å². The number of ketones is 1. The fourth-order valence-corrected chi connectivity index (χ4v) is 2.03. The highest BCUT2D eigenvalue weighted by Gasteiger charge is 2.20. The molecule has 2 nitrogen and oxygen atoms in total. The lowest BCUT2D eigenvalue weighted by Gasteiger charge is -2.17. The van der Waals surface area contributed by atoms with E-state index in [9.17, 15) is 4.79 Å². The van der Waals surface area contributed by atoms with Crippen LogP contribution in [0.5, 0.6) is 0 Å². The molecule has 2 unspecified atom stereocenters. The third-order valence-electron chi connectivity index (χ3n) is 3.42. The van der Waals surface area contributed by atoms with Crippen molar-refractivity contribution in [2.45, 2.75) is 46.6 Å². The van der Waals surface area contributed by atoms with Crippen LogP contribution in [0, 0.1) is 11.8 Å². The van der Waals surface area contributed by atoms with E-state index in [1.54, 1.807) is 0 Å². The van der Waals surface area contributed by atoms with Crippen molar-refractivity contribution in [2.24, 2.45) is 17.6 Å². The molecule has 0 bridgehead atoms. The summed E-state index contributed by atoms with van der Waals surface area (Å²) in [5, 5.41) is 0. The van der Waals surface area contributed by atoms with E-state index < -0.39 is 0 Å². The van der Waals surface area contributed by atoms with E-state index in [4.69, 9.17) is 5.73 Å². The largest absolute Gasteiger partial charge is 0.321 e. The van der Waals surface area contributed by atoms with Crippen molar-refractivity contribution >= 4 is 5.78 Å². The van der Waals surface area contributed by atoms with Crippen molar-refractivity contribution in [3.63, 3.8) is 0 Å². The first-order valence-electron chi connectivity index (χ1n) is 6.84. The molecule has 0 saturated heterocycles. The second kappa shape index (κ2) is 6.69. The highest BCUT2D eigenvalue weighted by molar-refractivity contribution is 6.00. The van der Waals surface area contributed by atoms with E-state index in [1.807, 2.05) is 25.1 Å². The molecule has 0 heterocycles. The third kappa shape index (κ3) is 3.95. The molecular weight excluding hydrogens is 222 g/mol. The summed E-state index contributed by atoms with van der Waals surface area (Å²) in [7, 11) is 0. The van der Waals surface area contributed by atoms with Gasteiger partial charge in [0.05, 0.1) is 6.04 Å². The number of rotatable bonds is 6. The molecule has 2 heteroatoms. The molecule has 2 N–H and O–H groups in total. The lowest BCUT2D eigenvalue weighted by Crippen LogP contribution is -2.36. The molecule has 0 aliphatic heterocycles. The second-order valence-corrected chi connectivity index (χ2v) is 5.57. The van der Waals surface area contributed by atoms with Gasteiger partial charge in [0.25, 0.3) is 0 Å². The normalized spacial score (nSPS) is 14.6. The number of carbonyl (C=O) groups excluding carboxylic acids is 1. The SMILES string of the molecule is CCC(C)C(N)C(=O)c1cccc(CC(C)C)c1. The Morgan fingerprint density at radius 1 is 1.28 bits per heavy atom. The number of nitrogens with two attached hydrogens (primary N) is 1. The topological polar surface area (TPSA) is 43.1 Å². The standard InChI is InChI=1S/C16H25NO/c1-5-12(4)15(17)16(18)14-8-6-7-13(10-14)9-11(2)3/h6-8,10-12,15H,5,9,17H2,1-4H3. The lowest BCUT2D eigenvalue weighted by molar-refractivity contribution is 0.0935. The van der Waals surface area contributed by atoms with Gasteiger partial charge in [-0.05, 0) is 29.9 Å². The Labute approximate surface area is 111 Å². The molecular formula is C16H25NO. The van der Waals surface area contributed by atoms with Crippen LogP contribution >= 0.6 is 0 Å². The minimum atomic E-state index is -0.385. The second-order valence-electron chi connectivity index (χ2n) is 5.57. The molecule has 0 amide bonds. The summed E-state index contributed by atoms with van der Waals surface area (Å²) >= 11 is 0. The molecule has 0 saturated carbocycles. The lowest BCUT2D eigenvalue weighted by atomic mass is 9.91. The highest BCUT2D eigenvalue weighted by Crippen LogP contribution is 2.15. The molecule has 0 aromatic heterocycles. The molecule has 1 rings (SSSR count). The number of hydrogen-bond donors (Lipinski definition) is 1. The van der Waals surface area contributed by atoms with Crippen molar-refractivity contribution in [3.8, 4) is 0 Å². The van der Waals surface area contributed by atoms with Crippen molar-refractivity contribution in [1.82, 2.24) is 0 Å². The fraction of sp³-hybridized carbons (Fsp3) is 0.562. The zero-order valence-electron chi connectivity index (χ0n) is 11.9. The van der Waals surface area contributed by atoms with Crippen LogP contribution in [0.1, 0.15) is 50.0 Å². The first kappa shape index (κ1) is 14.9. The van der Waals surface area contributed by atoms with Crippen LogP contribution in [0.4, 0.5) is 0 Å². The zero-order chi connectivity index (χ0) is 13.7. The summed E-state index contributed by atoms with van der Waals surface area (Å²) in [6, 6.07) is 7.50. The monoisotopic (exact) mass is 247 g/mol. The minimum absolute atomic E-state index is 0.0648. The Morgan fingerprint density at radius 2 is 1.94 bits per heavy atom. The first-order chi connectivity index (χ1) is 8.45. The van der Waals surface area contributed by atoms with Crippen LogP contribution in [0.15, 0.2) is 24.3 Å². The Bertz CT molecular complexity index is 398. The molecule has 2 atom stereocenters. The maximum absolute atomic E-state index is 12.3. The fourth-order valence-electron chi connectivity index (χ4n) is 2.03. The van der Waals surface area contributed by atoms with Gasteiger partial charge < -0.3 is 5.73 Å². The highest BCUT2D eigenvalue weighted by atomic mass is 16.1. The van der Waals surface area contributed by atoms with Crippen LogP contribution in [0.2, 0.25) is 0 Å². The number of benzene rings is 1. The molecule has 100 valence electrons. The Morgan fingerprint density at radius 3 is 2.50 bits per heavy atom. The summed E-state index contributed by atoms with van der Waals surface area (Å²) in [4.78, 5) is 12.3. The van der Waals surface area contributed by atoms with E-state index in [0.717, 1.165) is 18.4 Å². The van der Waals surface area contributed by atoms with Gasteiger partial charge in [0, 0.05) is 5.56 Å². The predicted octanol–water partition coefficient (Wildman–Crippen LogP) is 3.44. The number of hydrogen-bond acceptors (Lipinski definition) is 2. The van der Waals surface area contributed by atoms with Crippen LogP contribution in [0.3, 0.4) is 0 Å². The Balaban J connectivity index is 2.86. The Hall–Kier alpha value is -1.15. The summed E-state index contributed by atoms with van der Waals surface area (Å²) in [5.41, 5.74) is 7.97. The maximum Gasteiger partial charge on any atom is 0.179 e. The predicted molar refractivity (Wildman–Crippen MR) is 76.7 cm³/mol. The third-order valence-corrected chi connectivity index (χ3v) is 3.42. The molecule has 1 aromatic carbocycles. The van der Waals surface area contributed by atoms with Crippen LogP contribution in [0.25, 0.3) is 0 Å². The van der Waals surface area contributed by atoms with Gasteiger partial charge in [-0.1, -0.05) is 52.3 Å². The van der Waals surface area contributed by atoms with Crippen LogP contribution in [-0.2, 0) is 6.42 Å². The van der Waals surface area contributed by atoms with Crippen molar-refractivity contribution in [2.75, 3.05) is 0 Å². The van der Waals surface area contributed by atoms with Crippen molar-refractivity contribution in [3.05, 3.63) is 35.4 Å². The van der Waals surface area contributed by atoms with Gasteiger partial charge >= 0.3 is 0 Å². The van der Waals surface area contributed by atoms with Crippen molar-refractivity contribution in [1.29, 1.82) is 0 Å². The van der Waals surface area contributed by atoms with Gasteiger partial charge in [-0.3, -0.25) is 4.79 Å². The van der Waals surface area contributed by atoms with Crippen LogP contribution in [-0.4, -0.2) is 11.8 Å². The number of Topliss-reactive ketones (excluding diaryl/α,β-unsaturated/α-hetero) is 1. The summed E-state index contributed by atoms with van der Waals surface area (Å²) in [6.07, 6.45) is 1.93. The van der Waals surface area contributed by atoms with Gasteiger partial charge in [0.1, 0.15) is 0 Å². The van der Waals surface area contributed by atoms with E-state index in [2.05, 4.69) is 26.8 Å². The van der Waals surface area contributed by atoms with E-state index in [-0.39, 0.29) is 17.7 Å². The maximum atomic E-state index is 12.3. The average molecular weight is 247 g/mol. The average Bonchev–Trinajstić information content (AvgIpc) is 2.35. The number of carbonyl (C=O) groups is 1. The van der Waals surface area contributed by atoms with E-state index in [1.165, 1.54) is 5.56 Å². The molecule has 0 aliphatic carbocycles. The molecule has 0 aliphatic rings. The molecule has 1 aromatic rings. The molecule has 0 spiro atoms. The van der Waals surface area contributed by atoms with E-state index in [0.29, 0.717) is 5.92 Å². The first-order valence-corrected chi connectivity index (χ1v) is 6.84. The van der Waals surface area contributed by atoms with Crippen molar-refractivity contribution < 1.29 is 4.79 Å². The van der Waals surface area contributed by atoms with Crippen LogP contribution < -0.4 is 5.73 Å². The Kier molecular flexibility index (Phi) is 5.54.